The number of ether oxygens (including phenoxy) is 1. The minimum atomic E-state index is -0.195. The fourth-order valence-corrected chi connectivity index (χ4v) is 3.01. The van der Waals surface area contributed by atoms with E-state index in [1.54, 1.807) is 17.6 Å². The average molecular weight is 307 g/mol. The van der Waals surface area contributed by atoms with E-state index < -0.39 is 0 Å². The Bertz CT molecular complexity index is 522. The van der Waals surface area contributed by atoms with Gasteiger partial charge in [0.1, 0.15) is 5.76 Å². The quantitative estimate of drug-likeness (QED) is 0.758. The molecule has 5 heteroatoms. The van der Waals surface area contributed by atoms with Gasteiger partial charge in [-0.15, -0.1) is 11.3 Å². The van der Waals surface area contributed by atoms with Gasteiger partial charge in [-0.3, -0.25) is 4.79 Å². The summed E-state index contributed by atoms with van der Waals surface area (Å²) in [5, 5.41) is 5.54. The summed E-state index contributed by atoms with van der Waals surface area (Å²) in [7, 11) is 1.42. The molecule has 0 saturated carbocycles. The Morgan fingerprint density at radius 1 is 1.43 bits per heavy atom. The monoisotopic (exact) mass is 307 g/mol. The number of carbonyl (C=O) groups is 1. The molecule has 2 unspecified atom stereocenters. The molecule has 2 atom stereocenters. The topological polar surface area (TPSA) is 51.5 Å². The average Bonchev–Trinajstić information content (AvgIpc) is 3.17. The van der Waals surface area contributed by atoms with E-state index in [1.165, 1.54) is 7.11 Å². The number of methoxy groups -OCH3 is 1. The molecular formula is C16H21NO3S. The highest BCUT2D eigenvalue weighted by molar-refractivity contribution is 7.10. The number of esters is 1. The molecule has 0 aliphatic heterocycles. The van der Waals surface area contributed by atoms with Crippen LogP contribution in [0.4, 0.5) is 0 Å². The Morgan fingerprint density at radius 3 is 2.90 bits per heavy atom. The van der Waals surface area contributed by atoms with Crippen molar-refractivity contribution in [2.75, 3.05) is 7.11 Å². The maximum atomic E-state index is 11.6. The molecule has 0 fully saturated rings. The summed E-state index contributed by atoms with van der Waals surface area (Å²) in [6, 6.07) is 8.22. The Labute approximate surface area is 129 Å². The highest BCUT2D eigenvalue weighted by Crippen LogP contribution is 2.23. The summed E-state index contributed by atoms with van der Waals surface area (Å²) in [6.07, 6.45) is 3.88. The van der Waals surface area contributed by atoms with Crippen LogP contribution < -0.4 is 5.32 Å². The van der Waals surface area contributed by atoms with Crippen molar-refractivity contribution >= 4 is 17.3 Å². The molecule has 0 saturated heterocycles. The number of thiophene rings is 1. The molecule has 0 radical (unpaired) electrons. The predicted octanol–water partition coefficient (Wildman–Crippen LogP) is 3.56. The van der Waals surface area contributed by atoms with E-state index in [4.69, 9.17) is 9.15 Å². The minimum absolute atomic E-state index is 0.00375. The minimum Gasteiger partial charge on any atom is -0.469 e. The van der Waals surface area contributed by atoms with Crippen LogP contribution in [0.2, 0.25) is 0 Å². The molecule has 0 aliphatic rings. The Balaban J connectivity index is 1.89. The van der Waals surface area contributed by atoms with Gasteiger partial charge in [-0.1, -0.05) is 6.07 Å². The van der Waals surface area contributed by atoms with Crippen LogP contribution in [0, 0.1) is 0 Å². The van der Waals surface area contributed by atoms with Crippen LogP contribution in [0.15, 0.2) is 40.3 Å². The fourth-order valence-electron chi connectivity index (χ4n) is 2.22. The molecule has 2 aromatic heterocycles. The van der Waals surface area contributed by atoms with Crippen LogP contribution in [0.5, 0.6) is 0 Å². The Kier molecular flexibility index (Phi) is 6.02. The Morgan fingerprint density at radius 2 is 2.29 bits per heavy atom. The molecule has 0 amide bonds. The maximum absolute atomic E-state index is 11.6. The summed E-state index contributed by atoms with van der Waals surface area (Å²) in [5.74, 6) is 0.795. The van der Waals surface area contributed by atoms with Crippen molar-refractivity contribution in [3.8, 4) is 0 Å². The first kappa shape index (κ1) is 15.8. The second-order valence-electron chi connectivity index (χ2n) is 5.03. The number of furan rings is 1. The third-order valence-electron chi connectivity index (χ3n) is 3.37. The van der Waals surface area contributed by atoms with Crippen molar-refractivity contribution in [1.82, 2.24) is 5.32 Å². The van der Waals surface area contributed by atoms with E-state index in [1.807, 2.05) is 29.6 Å². The van der Waals surface area contributed by atoms with Gasteiger partial charge in [0.05, 0.1) is 25.8 Å². The standard InChI is InChI=1S/C16H21NO3S/c1-12(7-8-13-5-3-9-20-13)17-14(11-16(18)19-2)15-6-4-10-21-15/h3-6,9-10,12,14,17H,7-8,11H2,1-2H3. The molecule has 1 N–H and O–H groups in total. The molecule has 114 valence electrons. The molecule has 2 aromatic rings. The smallest absolute Gasteiger partial charge is 0.307 e. The number of nitrogens with one attached hydrogen (secondary N) is 1. The second kappa shape index (κ2) is 8.00. The molecular weight excluding hydrogens is 286 g/mol. The van der Waals surface area contributed by atoms with E-state index in [-0.39, 0.29) is 18.1 Å². The van der Waals surface area contributed by atoms with Crippen molar-refractivity contribution < 1.29 is 13.9 Å². The molecule has 21 heavy (non-hydrogen) atoms. The second-order valence-corrected chi connectivity index (χ2v) is 6.01. The molecule has 0 spiro atoms. The zero-order valence-corrected chi connectivity index (χ0v) is 13.2. The lowest BCUT2D eigenvalue weighted by molar-refractivity contribution is -0.141. The summed E-state index contributed by atoms with van der Waals surface area (Å²) in [4.78, 5) is 12.7. The van der Waals surface area contributed by atoms with Crippen LogP contribution in [-0.2, 0) is 16.0 Å². The summed E-state index contributed by atoms with van der Waals surface area (Å²) < 4.78 is 10.1. The number of aryl methyl sites for hydroxylation is 1. The third-order valence-corrected chi connectivity index (χ3v) is 4.36. The van der Waals surface area contributed by atoms with Crippen molar-refractivity contribution in [2.45, 2.75) is 38.3 Å². The van der Waals surface area contributed by atoms with E-state index in [9.17, 15) is 4.79 Å². The number of carbonyl (C=O) groups excluding carboxylic acids is 1. The third kappa shape index (κ3) is 5.02. The molecule has 0 aromatic carbocycles. The lowest BCUT2D eigenvalue weighted by Crippen LogP contribution is -2.32. The lowest BCUT2D eigenvalue weighted by Gasteiger charge is -2.21. The van der Waals surface area contributed by atoms with E-state index in [2.05, 4.69) is 12.2 Å². The van der Waals surface area contributed by atoms with Gasteiger partial charge in [-0.2, -0.15) is 0 Å². The number of rotatable bonds is 8. The van der Waals surface area contributed by atoms with Crippen molar-refractivity contribution in [1.29, 1.82) is 0 Å². The molecule has 0 bridgehead atoms. The van der Waals surface area contributed by atoms with E-state index in [0.717, 1.165) is 23.5 Å². The van der Waals surface area contributed by atoms with Crippen LogP contribution in [0.1, 0.15) is 36.4 Å². The molecule has 2 rings (SSSR count). The number of hydrogen-bond donors (Lipinski definition) is 1. The summed E-state index contributed by atoms with van der Waals surface area (Å²) in [5.41, 5.74) is 0. The van der Waals surface area contributed by atoms with Gasteiger partial charge in [-0.25, -0.2) is 0 Å². The highest BCUT2D eigenvalue weighted by Gasteiger charge is 2.19. The van der Waals surface area contributed by atoms with Gasteiger partial charge in [0, 0.05) is 17.3 Å². The zero-order chi connectivity index (χ0) is 15.1. The summed E-state index contributed by atoms with van der Waals surface area (Å²) in [6.45, 7) is 2.13. The summed E-state index contributed by atoms with van der Waals surface area (Å²) >= 11 is 1.65. The van der Waals surface area contributed by atoms with Gasteiger partial charge in [-0.05, 0) is 36.9 Å². The van der Waals surface area contributed by atoms with Gasteiger partial charge < -0.3 is 14.5 Å². The first-order valence-corrected chi connectivity index (χ1v) is 7.95. The number of hydrogen-bond acceptors (Lipinski definition) is 5. The molecule has 2 heterocycles. The normalized spacial score (nSPS) is 13.8. The van der Waals surface area contributed by atoms with E-state index in [0.29, 0.717) is 6.42 Å². The van der Waals surface area contributed by atoms with Crippen molar-refractivity contribution in [3.63, 3.8) is 0 Å². The van der Waals surface area contributed by atoms with Gasteiger partial charge in [0.15, 0.2) is 0 Å². The van der Waals surface area contributed by atoms with Crippen molar-refractivity contribution in [2.24, 2.45) is 0 Å². The van der Waals surface area contributed by atoms with Crippen LogP contribution >= 0.6 is 11.3 Å². The van der Waals surface area contributed by atoms with Crippen LogP contribution in [0.3, 0.4) is 0 Å². The lowest BCUT2D eigenvalue weighted by atomic mass is 10.1. The van der Waals surface area contributed by atoms with E-state index >= 15 is 0 Å². The van der Waals surface area contributed by atoms with Gasteiger partial charge in [0.2, 0.25) is 0 Å². The fraction of sp³-hybridized carbons (Fsp3) is 0.438. The zero-order valence-electron chi connectivity index (χ0n) is 12.4. The maximum Gasteiger partial charge on any atom is 0.307 e. The van der Waals surface area contributed by atoms with Crippen molar-refractivity contribution in [3.05, 3.63) is 46.5 Å². The first-order chi connectivity index (χ1) is 10.2. The highest BCUT2D eigenvalue weighted by atomic mass is 32.1. The van der Waals surface area contributed by atoms with Crippen LogP contribution in [-0.4, -0.2) is 19.1 Å². The SMILES string of the molecule is COC(=O)CC(NC(C)CCc1ccco1)c1cccs1. The predicted molar refractivity (Wildman–Crippen MR) is 83.3 cm³/mol. The largest absolute Gasteiger partial charge is 0.469 e. The first-order valence-electron chi connectivity index (χ1n) is 7.07. The van der Waals surface area contributed by atoms with Gasteiger partial charge in [0.25, 0.3) is 0 Å². The molecule has 0 aliphatic carbocycles. The van der Waals surface area contributed by atoms with Gasteiger partial charge >= 0.3 is 5.97 Å². The Hall–Kier alpha value is -1.59. The molecule has 4 nitrogen and oxygen atoms in total. The van der Waals surface area contributed by atoms with Crippen LogP contribution in [0.25, 0.3) is 0 Å².